The Morgan fingerprint density at radius 3 is 2.26 bits per heavy atom. The summed E-state index contributed by atoms with van der Waals surface area (Å²) >= 11 is 0. The van der Waals surface area contributed by atoms with E-state index in [1.165, 1.54) is 0 Å². The Morgan fingerprint density at radius 1 is 1.00 bits per heavy atom. The average Bonchev–Trinajstić information content (AvgIpc) is 2.83. The van der Waals surface area contributed by atoms with Crippen LogP contribution in [0.5, 0.6) is 0 Å². The molecule has 4 rings (SSSR count). The zero-order valence-corrected chi connectivity index (χ0v) is 16.8. The number of hydrogen-bond acceptors (Lipinski definition) is 7. The zero-order valence-electron chi connectivity index (χ0n) is 16.0. The second-order valence-electron chi connectivity index (χ2n) is 9.55. The number of rotatable bonds is 0. The van der Waals surface area contributed by atoms with Gasteiger partial charge in [-0.3, -0.25) is 13.2 Å². The van der Waals surface area contributed by atoms with Crippen molar-refractivity contribution in [3.8, 4) is 0 Å². The van der Waals surface area contributed by atoms with Crippen LogP contribution in [-0.2, 0) is 15.2 Å². The maximum atomic E-state index is 12.4. The Balaban J connectivity index is 0.000000376. The monoisotopic (exact) mass is 402 g/mol. The van der Waals surface area contributed by atoms with Crippen LogP contribution in [0.3, 0.4) is 0 Å². The minimum Gasteiger partial charge on any atom is -0.759 e. The zero-order chi connectivity index (χ0) is 20.2. The average molecular weight is 403 g/mol. The summed E-state index contributed by atoms with van der Waals surface area (Å²) in [5.41, 5.74) is 0.0929. The second kappa shape index (κ2) is 7.06. The number of Topliss-reactive ketones (excluding diaryl/α,β-unsaturated/α-hetero) is 1. The van der Waals surface area contributed by atoms with Crippen LogP contribution in [0, 0.1) is 34.5 Å². The van der Waals surface area contributed by atoms with Crippen LogP contribution in [0.25, 0.3) is 0 Å². The van der Waals surface area contributed by atoms with Crippen molar-refractivity contribution in [1.82, 2.24) is 0 Å². The molecule has 0 saturated heterocycles. The van der Waals surface area contributed by atoms with E-state index >= 15 is 0 Å². The molecular formula is C19H30O7S-2. The van der Waals surface area contributed by atoms with Crippen LogP contribution in [0.15, 0.2) is 0 Å². The van der Waals surface area contributed by atoms with E-state index in [2.05, 4.69) is 13.8 Å². The van der Waals surface area contributed by atoms with Crippen LogP contribution in [0.2, 0.25) is 0 Å². The summed E-state index contributed by atoms with van der Waals surface area (Å²) in [5.74, 6) is 2.13. The Labute approximate surface area is 161 Å². The first-order valence-corrected chi connectivity index (χ1v) is 11.3. The van der Waals surface area contributed by atoms with E-state index in [1.54, 1.807) is 0 Å². The highest BCUT2D eigenvalue weighted by atomic mass is 32.3. The summed E-state index contributed by atoms with van der Waals surface area (Å²) in [6, 6.07) is 0. The minimum atomic E-state index is -5.17. The highest BCUT2D eigenvalue weighted by molar-refractivity contribution is 7.79. The van der Waals surface area contributed by atoms with E-state index in [4.69, 9.17) is 17.5 Å². The smallest absolute Gasteiger partial charge is 0.139 e. The molecule has 0 spiro atoms. The van der Waals surface area contributed by atoms with E-state index in [0.29, 0.717) is 29.5 Å². The second-order valence-corrected chi connectivity index (χ2v) is 10.4. The van der Waals surface area contributed by atoms with Gasteiger partial charge in [0.25, 0.3) is 0 Å². The molecule has 0 bridgehead atoms. The number of aliphatic hydroxyl groups is 2. The first-order valence-electron chi connectivity index (χ1n) is 9.92. The van der Waals surface area contributed by atoms with Gasteiger partial charge in [0.1, 0.15) is 5.78 Å². The molecule has 2 N–H and O–H groups in total. The molecule has 0 aromatic rings. The van der Waals surface area contributed by atoms with Gasteiger partial charge in [-0.25, -0.2) is 0 Å². The molecule has 6 unspecified atom stereocenters. The molecule has 8 heteroatoms. The first-order chi connectivity index (χ1) is 12.4. The maximum Gasteiger partial charge on any atom is 0.139 e. The van der Waals surface area contributed by atoms with Gasteiger partial charge in [-0.2, -0.15) is 0 Å². The van der Waals surface area contributed by atoms with Crippen molar-refractivity contribution in [3.05, 3.63) is 0 Å². The highest BCUT2D eigenvalue weighted by Gasteiger charge is 2.62. The SMILES string of the molecule is C[C@]12CCC(O)CC1CC(O)C1C2CC[C@]2(C)C(=O)CCC12.O=S(=O)([O-])[O-]. The summed E-state index contributed by atoms with van der Waals surface area (Å²) in [6.45, 7) is 4.57. The predicted octanol–water partition coefficient (Wildman–Crippen LogP) is 1.59. The van der Waals surface area contributed by atoms with Crippen molar-refractivity contribution in [1.29, 1.82) is 0 Å². The van der Waals surface area contributed by atoms with Crippen molar-refractivity contribution < 1.29 is 32.5 Å². The fourth-order valence-corrected chi connectivity index (χ4v) is 6.97. The molecule has 0 amide bonds. The lowest BCUT2D eigenvalue weighted by molar-refractivity contribution is -0.171. The van der Waals surface area contributed by atoms with Crippen molar-refractivity contribution in [2.24, 2.45) is 34.5 Å². The molecule has 4 saturated carbocycles. The van der Waals surface area contributed by atoms with E-state index in [1.807, 2.05) is 0 Å². The molecule has 8 atom stereocenters. The molecule has 0 aliphatic heterocycles. The summed E-state index contributed by atoms with van der Waals surface area (Å²) in [5, 5.41) is 20.9. The van der Waals surface area contributed by atoms with Gasteiger partial charge >= 0.3 is 0 Å². The molecule has 0 aromatic carbocycles. The lowest BCUT2D eigenvalue weighted by Crippen LogP contribution is -2.58. The van der Waals surface area contributed by atoms with Gasteiger partial charge in [0.15, 0.2) is 0 Å². The molecule has 156 valence electrons. The van der Waals surface area contributed by atoms with Crippen molar-refractivity contribution in [2.75, 3.05) is 0 Å². The normalized spacial score (nSPS) is 49.3. The van der Waals surface area contributed by atoms with Gasteiger partial charge in [0, 0.05) is 22.2 Å². The topological polar surface area (TPSA) is 138 Å². The summed E-state index contributed by atoms with van der Waals surface area (Å²) < 4.78 is 34.1. The maximum absolute atomic E-state index is 12.4. The quantitative estimate of drug-likeness (QED) is 0.463. The number of fused-ring (bicyclic) bond motifs is 5. The van der Waals surface area contributed by atoms with Crippen LogP contribution < -0.4 is 0 Å². The Bertz CT molecular complexity index is 684. The van der Waals surface area contributed by atoms with E-state index in [-0.39, 0.29) is 23.0 Å². The van der Waals surface area contributed by atoms with Crippen LogP contribution in [-0.4, -0.2) is 45.7 Å². The number of aliphatic hydroxyl groups excluding tert-OH is 2. The fourth-order valence-electron chi connectivity index (χ4n) is 6.97. The Morgan fingerprint density at radius 2 is 1.63 bits per heavy atom. The molecule has 0 aromatic heterocycles. The lowest BCUT2D eigenvalue weighted by Gasteiger charge is -2.61. The van der Waals surface area contributed by atoms with E-state index in [0.717, 1.165) is 51.4 Å². The third-order valence-corrected chi connectivity index (χ3v) is 8.36. The van der Waals surface area contributed by atoms with Crippen molar-refractivity contribution in [3.63, 3.8) is 0 Å². The first kappa shape index (κ1) is 21.2. The molecule has 4 aliphatic carbocycles. The van der Waals surface area contributed by atoms with Gasteiger partial charge in [-0.15, -0.1) is 0 Å². The standard InChI is InChI=1S/C19H30O3.H2O4S/c1-18-7-5-12(20)9-11(18)10-15(21)17-13-3-4-16(22)19(13,2)8-6-14(17)18;1-5(2,3)4/h11-15,17,20-21H,3-10H2,1-2H3;(H2,1,2,3,4)/p-2/t11?,12?,13?,14?,15?,17?,18-,19-;/m0./s1. The Kier molecular flexibility index (Phi) is 5.53. The largest absolute Gasteiger partial charge is 0.759 e. The van der Waals surface area contributed by atoms with E-state index in [9.17, 15) is 15.0 Å². The van der Waals surface area contributed by atoms with E-state index < -0.39 is 10.4 Å². The number of carbonyl (C=O) groups excluding carboxylic acids is 1. The molecule has 4 fully saturated rings. The third kappa shape index (κ3) is 3.83. The third-order valence-electron chi connectivity index (χ3n) is 8.36. The summed E-state index contributed by atoms with van der Waals surface area (Å²) in [4.78, 5) is 12.4. The molecule has 0 heterocycles. The van der Waals surface area contributed by atoms with Crippen molar-refractivity contribution in [2.45, 2.75) is 77.4 Å². The van der Waals surface area contributed by atoms with Gasteiger partial charge in [-0.05, 0) is 74.0 Å². The van der Waals surface area contributed by atoms with Crippen molar-refractivity contribution >= 4 is 16.2 Å². The molecule has 7 nitrogen and oxygen atoms in total. The van der Waals surface area contributed by atoms with Gasteiger partial charge in [-0.1, -0.05) is 13.8 Å². The minimum absolute atomic E-state index is 0.167. The van der Waals surface area contributed by atoms with Gasteiger partial charge in [0.2, 0.25) is 0 Å². The van der Waals surface area contributed by atoms with Crippen LogP contribution >= 0.6 is 0 Å². The van der Waals surface area contributed by atoms with Gasteiger partial charge < -0.3 is 19.3 Å². The lowest BCUT2D eigenvalue weighted by atomic mass is 9.44. The molecule has 0 radical (unpaired) electrons. The molecule has 27 heavy (non-hydrogen) atoms. The van der Waals surface area contributed by atoms with Crippen LogP contribution in [0.4, 0.5) is 0 Å². The van der Waals surface area contributed by atoms with Gasteiger partial charge in [0.05, 0.1) is 12.2 Å². The molecular weight excluding hydrogens is 372 g/mol. The fraction of sp³-hybridized carbons (Fsp3) is 0.947. The number of hydrogen-bond donors (Lipinski definition) is 2. The number of carbonyl (C=O) groups is 1. The summed E-state index contributed by atoms with van der Waals surface area (Å²) in [6.07, 6.45) is 7.03. The predicted molar refractivity (Wildman–Crippen MR) is 94.6 cm³/mol. The Hall–Kier alpha value is -0.540. The number of ketones is 1. The van der Waals surface area contributed by atoms with Crippen LogP contribution in [0.1, 0.15) is 65.2 Å². The highest BCUT2D eigenvalue weighted by Crippen LogP contribution is 2.65. The molecule has 4 aliphatic rings. The summed E-state index contributed by atoms with van der Waals surface area (Å²) in [7, 11) is -5.17.